The quantitative estimate of drug-likeness (QED) is 0.715. The van der Waals surface area contributed by atoms with Crippen molar-refractivity contribution in [1.29, 1.82) is 0 Å². The average Bonchev–Trinajstić information content (AvgIpc) is 3.07. The standard InChI is InChI=1S/C18H24N6O3/c1-18(2,3)27-17(25)20-15(13-26-12-14-8-6-5-7-9-14)16-21-22-23-24(16)11-10-19-4/h5-9,15H,10-13H2,1-3H3,(H,20,25)/t15-/m0/s1. The van der Waals surface area contributed by atoms with Gasteiger partial charge in [0.25, 0.3) is 0 Å². The lowest BCUT2D eigenvalue weighted by atomic mass is 10.2. The summed E-state index contributed by atoms with van der Waals surface area (Å²) in [4.78, 5) is 15.5. The topological polar surface area (TPSA) is 95.5 Å². The second-order valence-electron chi connectivity index (χ2n) is 6.84. The average molecular weight is 372 g/mol. The van der Waals surface area contributed by atoms with Crippen molar-refractivity contribution in [2.45, 2.75) is 45.6 Å². The number of hydrogen-bond donors (Lipinski definition) is 1. The molecule has 2 aromatic rings. The van der Waals surface area contributed by atoms with Crippen LogP contribution < -0.4 is 5.32 Å². The zero-order valence-corrected chi connectivity index (χ0v) is 15.8. The molecule has 1 aromatic carbocycles. The van der Waals surface area contributed by atoms with E-state index in [9.17, 15) is 4.79 Å². The molecule has 2 rings (SSSR count). The normalized spacial score (nSPS) is 12.2. The summed E-state index contributed by atoms with van der Waals surface area (Å²) in [7, 11) is 0. The minimum atomic E-state index is -0.629. The Labute approximate surface area is 158 Å². The van der Waals surface area contributed by atoms with Gasteiger partial charge in [-0.1, -0.05) is 30.3 Å². The predicted molar refractivity (Wildman–Crippen MR) is 97.5 cm³/mol. The van der Waals surface area contributed by atoms with Gasteiger partial charge >= 0.3 is 6.09 Å². The van der Waals surface area contributed by atoms with E-state index in [1.165, 1.54) is 4.68 Å². The SMILES string of the molecule is [C-]#[N+]CCn1nnnc1[C@H](COCc1ccccc1)NC(=O)OC(C)(C)C. The highest BCUT2D eigenvalue weighted by Gasteiger charge is 2.25. The highest BCUT2D eigenvalue weighted by atomic mass is 16.6. The van der Waals surface area contributed by atoms with E-state index in [0.29, 0.717) is 19.0 Å². The number of ether oxygens (including phenoxy) is 2. The first-order chi connectivity index (χ1) is 12.9. The molecule has 0 saturated carbocycles. The molecule has 1 heterocycles. The molecule has 27 heavy (non-hydrogen) atoms. The second-order valence-corrected chi connectivity index (χ2v) is 6.84. The number of nitrogens with one attached hydrogen (secondary N) is 1. The zero-order valence-electron chi connectivity index (χ0n) is 15.8. The molecule has 1 N–H and O–H groups in total. The molecule has 1 amide bonds. The van der Waals surface area contributed by atoms with Crippen LogP contribution in [-0.4, -0.2) is 45.1 Å². The second kappa shape index (κ2) is 9.64. The Bertz CT molecular complexity index is 763. The van der Waals surface area contributed by atoms with Gasteiger partial charge in [-0.25, -0.2) is 16.0 Å². The minimum absolute atomic E-state index is 0.159. The number of carbonyl (C=O) groups is 1. The summed E-state index contributed by atoms with van der Waals surface area (Å²) in [6, 6.07) is 9.10. The molecule has 0 unspecified atom stereocenters. The molecule has 0 aliphatic rings. The van der Waals surface area contributed by atoms with Crippen LogP contribution in [0.4, 0.5) is 4.79 Å². The van der Waals surface area contributed by atoms with Crippen LogP contribution in [0.2, 0.25) is 0 Å². The number of nitrogens with zero attached hydrogens (tertiary/aromatic N) is 5. The summed E-state index contributed by atoms with van der Waals surface area (Å²) >= 11 is 0. The Morgan fingerprint density at radius 1 is 1.33 bits per heavy atom. The number of benzene rings is 1. The Morgan fingerprint density at radius 2 is 2.07 bits per heavy atom. The van der Waals surface area contributed by atoms with Crippen LogP contribution >= 0.6 is 0 Å². The Morgan fingerprint density at radius 3 is 2.74 bits per heavy atom. The van der Waals surface area contributed by atoms with E-state index in [2.05, 4.69) is 25.7 Å². The monoisotopic (exact) mass is 372 g/mol. The van der Waals surface area contributed by atoms with E-state index in [4.69, 9.17) is 16.0 Å². The van der Waals surface area contributed by atoms with Gasteiger partial charge in [0.1, 0.15) is 18.2 Å². The van der Waals surface area contributed by atoms with Gasteiger partial charge in [0, 0.05) is 0 Å². The van der Waals surface area contributed by atoms with Crippen molar-refractivity contribution in [3.63, 3.8) is 0 Å². The molecule has 1 aromatic heterocycles. The molecule has 144 valence electrons. The van der Waals surface area contributed by atoms with Crippen molar-refractivity contribution >= 4 is 6.09 Å². The summed E-state index contributed by atoms with van der Waals surface area (Å²) < 4.78 is 12.6. The summed E-state index contributed by atoms with van der Waals surface area (Å²) in [5.74, 6) is 0.414. The molecular formula is C18H24N6O3. The Kier molecular flexibility index (Phi) is 7.25. The van der Waals surface area contributed by atoms with Gasteiger partial charge < -0.3 is 19.6 Å². The smallest absolute Gasteiger partial charge is 0.408 e. The fourth-order valence-corrected chi connectivity index (χ4v) is 2.26. The number of tetrazole rings is 1. The first-order valence-corrected chi connectivity index (χ1v) is 8.59. The van der Waals surface area contributed by atoms with Crippen LogP contribution in [0.15, 0.2) is 30.3 Å². The fraction of sp³-hybridized carbons (Fsp3) is 0.500. The number of carbonyl (C=O) groups excluding carboxylic acids is 1. The van der Waals surface area contributed by atoms with Gasteiger partial charge in [-0.05, 0) is 36.8 Å². The molecule has 9 heteroatoms. The van der Waals surface area contributed by atoms with Crippen LogP contribution in [0.25, 0.3) is 4.85 Å². The van der Waals surface area contributed by atoms with Crippen molar-refractivity contribution in [3.05, 3.63) is 53.1 Å². The first-order valence-electron chi connectivity index (χ1n) is 8.59. The molecule has 9 nitrogen and oxygen atoms in total. The fourth-order valence-electron chi connectivity index (χ4n) is 2.26. The molecule has 0 bridgehead atoms. The van der Waals surface area contributed by atoms with E-state index in [1.54, 1.807) is 20.8 Å². The lowest BCUT2D eigenvalue weighted by Crippen LogP contribution is -2.38. The molecule has 0 fully saturated rings. The maximum Gasteiger partial charge on any atom is 0.408 e. The van der Waals surface area contributed by atoms with E-state index in [0.717, 1.165) is 5.56 Å². The van der Waals surface area contributed by atoms with Crippen LogP contribution in [0.5, 0.6) is 0 Å². The van der Waals surface area contributed by atoms with Gasteiger partial charge in [-0.15, -0.1) is 5.10 Å². The first kappa shape index (κ1) is 20.3. The number of rotatable bonds is 8. The van der Waals surface area contributed by atoms with Crippen molar-refractivity contribution in [2.75, 3.05) is 13.2 Å². The van der Waals surface area contributed by atoms with E-state index in [1.807, 2.05) is 30.3 Å². The molecule has 0 saturated heterocycles. The zero-order chi connectivity index (χ0) is 19.7. The van der Waals surface area contributed by atoms with Gasteiger partial charge in [0.05, 0.1) is 13.2 Å². The maximum atomic E-state index is 12.2. The van der Waals surface area contributed by atoms with Crippen LogP contribution in [0.1, 0.15) is 38.2 Å². The molecule has 1 atom stereocenters. The van der Waals surface area contributed by atoms with Gasteiger partial charge in [0.15, 0.2) is 5.82 Å². The number of amides is 1. The molecule has 0 spiro atoms. The lowest BCUT2D eigenvalue weighted by Gasteiger charge is -2.23. The van der Waals surface area contributed by atoms with E-state index < -0.39 is 17.7 Å². The lowest BCUT2D eigenvalue weighted by molar-refractivity contribution is 0.0417. The highest BCUT2D eigenvalue weighted by Crippen LogP contribution is 2.14. The van der Waals surface area contributed by atoms with Crippen molar-refractivity contribution in [2.24, 2.45) is 0 Å². The van der Waals surface area contributed by atoms with E-state index >= 15 is 0 Å². The minimum Gasteiger partial charge on any atom is -0.444 e. The summed E-state index contributed by atoms with van der Waals surface area (Å²) in [6.45, 7) is 13.4. The highest BCUT2D eigenvalue weighted by molar-refractivity contribution is 5.68. The van der Waals surface area contributed by atoms with Gasteiger partial charge in [-0.2, -0.15) is 0 Å². The molecule has 0 aliphatic heterocycles. The van der Waals surface area contributed by atoms with Crippen LogP contribution in [0.3, 0.4) is 0 Å². The summed E-state index contributed by atoms with van der Waals surface area (Å²) in [5.41, 5.74) is 0.386. The Balaban J connectivity index is 2.07. The third-order valence-electron chi connectivity index (χ3n) is 3.38. The number of aromatic nitrogens is 4. The van der Waals surface area contributed by atoms with Crippen molar-refractivity contribution < 1.29 is 14.3 Å². The number of hydrogen-bond acceptors (Lipinski definition) is 6. The van der Waals surface area contributed by atoms with Crippen molar-refractivity contribution in [1.82, 2.24) is 25.5 Å². The van der Waals surface area contributed by atoms with Gasteiger partial charge in [-0.3, -0.25) is 0 Å². The summed E-state index contributed by atoms with van der Waals surface area (Å²) in [6.07, 6.45) is -0.587. The summed E-state index contributed by atoms with van der Waals surface area (Å²) in [5, 5.41) is 14.3. The van der Waals surface area contributed by atoms with Crippen LogP contribution in [-0.2, 0) is 22.6 Å². The largest absolute Gasteiger partial charge is 0.444 e. The van der Waals surface area contributed by atoms with Crippen LogP contribution in [0, 0.1) is 6.57 Å². The molecular weight excluding hydrogens is 348 g/mol. The van der Waals surface area contributed by atoms with E-state index in [-0.39, 0.29) is 13.2 Å². The maximum absolute atomic E-state index is 12.2. The predicted octanol–water partition coefficient (Wildman–Crippen LogP) is 2.37. The third kappa shape index (κ3) is 7.03. The third-order valence-corrected chi connectivity index (χ3v) is 3.38. The van der Waals surface area contributed by atoms with Gasteiger partial charge in [0.2, 0.25) is 6.54 Å². The molecule has 0 radical (unpaired) electrons. The molecule has 0 aliphatic carbocycles. The number of alkyl carbamates (subject to hydrolysis) is 1. The van der Waals surface area contributed by atoms with Crippen molar-refractivity contribution in [3.8, 4) is 0 Å². The Hall–Kier alpha value is -2.99.